The first-order valence-electron chi connectivity index (χ1n) is 7.84. The number of nitrogens with one attached hydrogen (secondary N) is 1. The van der Waals surface area contributed by atoms with Crippen LogP contribution in [0.2, 0.25) is 0 Å². The van der Waals surface area contributed by atoms with Gasteiger partial charge in [0.2, 0.25) is 0 Å². The molecule has 2 saturated heterocycles. The quantitative estimate of drug-likeness (QED) is 0.910. The molecule has 0 spiro atoms. The number of thioether (sulfide) groups is 1. The lowest BCUT2D eigenvalue weighted by Gasteiger charge is -2.36. The lowest BCUT2D eigenvalue weighted by molar-refractivity contribution is 0.359. The van der Waals surface area contributed by atoms with Crippen LogP contribution in [0.3, 0.4) is 0 Å². The van der Waals surface area contributed by atoms with E-state index in [0.717, 1.165) is 19.5 Å². The third kappa shape index (κ3) is 3.61. The van der Waals surface area contributed by atoms with Crippen LogP contribution in [0, 0.1) is 0 Å². The van der Waals surface area contributed by atoms with Crippen LogP contribution in [-0.2, 0) is 7.05 Å². The summed E-state index contributed by atoms with van der Waals surface area (Å²) >= 11 is 2.06. The Morgan fingerprint density at radius 3 is 2.90 bits per heavy atom. The Balaban J connectivity index is 1.65. The van der Waals surface area contributed by atoms with E-state index in [1.54, 1.807) is 24.0 Å². The summed E-state index contributed by atoms with van der Waals surface area (Å²) in [4.78, 5) is 18.7. The van der Waals surface area contributed by atoms with Gasteiger partial charge in [-0.25, -0.2) is 4.98 Å². The molecule has 3 heterocycles. The molecule has 0 bridgehead atoms. The molecule has 3 rings (SSSR count). The summed E-state index contributed by atoms with van der Waals surface area (Å²) in [7, 11) is 1.78. The first-order valence-corrected chi connectivity index (χ1v) is 9.00. The Bertz CT molecular complexity index is 527. The highest BCUT2D eigenvalue weighted by molar-refractivity contribution is 7.99. The molecule has 0 aromatic carbocycles. The second kappa shape index (κ2) is 6.83. The first kappa shape index (κ1) is 14.9. The number of nitrogens with zero attached hydrogens (tertiary/aromatic N) is 3. The standard InChI is InChI=1S/C15H24N4OS/c1-18-8-6-16-14(15(18)20)19-7-2-3-13(11-19)17-12-4-9-21-10-5-12/h6,8,12-13,17H,2-5,7,9-11H2,1H3/t13-/m1/s1. The van der Waals surface area contributed by atoms with Gasteiger partial charge < -0.3 is 14.8 Å². The third-order valence-electron chi connectivity index (χ3n) is 4.41. The van der Waals surface area contributed by atoms with Crippen LogP contribution < -0.4 is 15.8 Å². The third-order valence-corrected chi connectivity index (χ3v) is 5.46. The van der Waals surface area contributed by atoms with Crippen LogP contribution >= 0.6 is 11.8 Å². The van der Waals surface area contributed by atoms with E-state index in [0.29, 0.717) is 17.9 Å². The number of rotatable bonds is 3. The molecule has 0 radical (unpaired) electrons. The highest BCUT2D eigenvalue weighted by Crippen LogP contribution is 2.20. The number of hydrogen-bond donors (Lipinski definition) is 1. The summed E-state index contributed by atoms with van der Waals surface area (Å²) < 4.78 is 1.61. The van der Waals surface area contributed by atoms with Crippen molar-refractivity contribution in [2.45, 2.75) is 37.8 Å². The van der Waals surface area contributed by atoms with E-state index in [9.17, 15) is 4.79 Å². The maximum atomic E-state index is 12.2. The maximum absolute atomic E-state index is 12.2. The largest absolute Gasteiger partial charge is 0.350 e. The molecule has 21 heavy (non-hydrogen) atoms. The molecule has 2 aliphatic heterocycles. The van der Waals surface area contributed by atoms with Gasteiger partial charge in [-0.1, -0.05) is 0 Å². The van der Waals surface area contributed by atoms with Gasteiger partial charge in [0.15, 0.2) is 5.82 Å². The molecule has 1 atom stereocenters. The van der Waals surface area contributed by atoms with Crippen molar-refractivity contribution in [1.29, 1.82) is 0 Å². The molecular formula is C15H24N4OS. The van der Waals surface area contributed by atoms with E-state index in [-0.39, 0.29) is 5.56 Å². The van der Waals surface area contributed by atoms with Crippen molar-refractivity contribution < 1.29 is 0 Å². The van der Waals surface area contributed by atoms with Crippen molar-refractivity contribution in [2.24, 2.45) is 7.05 Å². The smallest absolute Gasteiger partial charge is 0.293 e. The van der Waals surface area contributed by atoms with Crippen LogP contribution in [0.15, 0.2) is 17.2 Å². The van der Waals surface area contributed by atoms with Crippen molar-refractivity contribution in [2.75, 3.05) is 29.5 Å². The molecule has 2 fully saturated rings. The van der Waals surface area contributed by atoms with Gasteiger partial charge in [-0.05, 0) is 37.2 Å². The molecule has 0 saturated carbocycles. The van der Waals surface area contributed by atoms with E-state index in [4.69, 9.17) is 0 Å². The van der Waals surface area contributed by atoms with Gasteiger partial charge in [-0.15, -0.1) is 0 Å². The fourth-order valence-electron chi connectivity index (χ4n) is 3.20. The predicted octanol–water partition coefficient (Wildman–Crippen LogP) is 1.23. The van der Waals surface area contributed by atoms with E-state index in [1.165, 1.54) is 30.8 Å². The summed E-state index contributed by atoms with van der Waals surface area (Å²) in [5.74, 6) is 3.15. The Hall–Kier alpha value is -1.01. The van der Waals surface area contributed by atoms with Crippen molar-refractivity contribution in [3.05, 3.63) is 22.7 Å². The summed E-state index contributed by atoms with van der Waals surface area (Å²) in [5, 5.41) is 3.80. The molecular weight excluding hydrogens is 284 g/mol. The van der Waals surface area contributed by atoms with E-state index >= 15 is 0 Å². The van der Waals surface area contributed by atoms with Gasteiger partial charge in [0.05, 0.1) is 0 Å². The normalized spacial score (nSPS) is 24.2. The summed E-state index contributed by atoms with van der Waals surface area (Å²) in [6, 6.07) is 1.14. The number of piperidine rings is 1. The second-order valence-corrected chi connectivity index (χ2v) is 7.23. The maximum Gasteiger partial charge on any atom is 0.293 e. The SMILES string of the molecule is Cn1ccnc(N2CCC[C@@H](NC3CCSCC3)C2)c1=O. The van der Waals surface area contributed by atoms with Crippen LogP contribution in [0.1, 0.15) is 25.7 Å². The Morgan fingerprint density at radius 1 is 1.29 bits per heavy atom. The average molecular weight is 308 g/mol. The molecule has 116 valence electrons. The van der Waals surface area contributed by atoms with Crippen molar-refractivity contribution in [3.8, 4) is 0 Å². The number of aromatic nitrogens is 2. The van der Waals surface area contributed by atoms with E-state index in [1.807, 2.05) is 0 Å². The number of aryl methyl sites for hydroxylation is 1. The van der Waals surface area contributed by atoms with Gasteiger partial charge in [-0.3, -0.25) is 4.79 Å². The Labute approximate surface area is 130 Å². The molecule has 0 aliphatic carbocycles. The lowest BCUT2D eigenvalue weighted by Crippen LogP contribution is -2.51. The van der Waals surface area contributed by atoms with Crippen LogP contribution in [0.25, 0.3) is 0 Å². The zero-order valence-electron chi connectivity index (χ0n) is 12.6. The number of hydrogen-bond acceptors (Lipinski definition) is 5. The Morgan fingerprint density at radius 2 is 2.10 bits per heavy atom. The van der Waals surface area contributed by atoms with Gasteiger partial charge in [0.1, 0.15) is 0 Å². The first-order chi connectivity index (χ1) is 10.2. The molecule has 5 nitrogen and oxygen atoms in total. The summed E-state index contributed by atoms with van der Waals surface area (Å²) in [5.41, 5.74) is 0.00668. The summed E-state index contributed by atoms with van der Waals surface area (Å²) in [6.07, 6.45) is 8.29. The average Bonchev–Trinajstić information content (AvgIpc) is 2.51. The molecule has 2 aliphatic rings. The Kier molecular flexibility index (Phi) is 4.85. The second-order valence-electron chi connectivity index (χ2n) is 6.01. The fourth-order valence-corrected chi connectivity index (χ4v) is 4.31. The molecule has 0 amide bonds. The minimum absolute atomic E-state index is 0.00668. The predicted molar refractivity (Wildman–Crippen MR) is 88.2 cm³/mol. The van der Waals surface area contributed by atoms with E-state index < -0.39 is 0 Å². The van der Waals surface area contributed by atoms with Crippen LogP contribution in [0.5, 0.6) is 0 Å². The van der Waals surface area contributed by atoms with Crippen molar-refractivity contribution >= 4 is 17.6 Å². The summed E-state index contributed by atoms with van der Waals surface area (Å²) in [6.45, 7) is 1.83. The van der Waals surface area contributed by atoms with Crippen LogP contribution in [0.4, 0.5) is 5.82 Å². The minimum Gasteiger partial charge on any atom is -0.350 e. The minimum atomic E-state index is 0.00668. The molecule has 6 heteroatoms. The zero-order chi connectivity index (χ0) is 14.7. The lowest BCUT2D eigenvalue weighted by atomic mass is 10.0. The number of anilines is 1. The van der Waals surface area contributed by atoms with E-state index in [2.05, 4.69) is 27.0 Å². The highest BCUT2D eigenvalue weighted by atomic mass is 32.2. The molecule has 1 N–H and O–H groups in total. The highest BCUT2D eigenvalue weighted by Gasteiger charge is 2.25. The van der Waals surface area contributed by atoms with Gasteiger partial charge in [-0.2, -0.15) is 11.8 Å². The van der Waals surface area contributed by atoms with Crippen molar-refractivity contribution in [3.63, 3.8) is 0 Å². The molecule has 1 aromatic rings. The van der Waals surface area contributed by atoms with Crippen LogP contribution in [-0.4, -0.2) is 46.2 Å². The van der Waals surface area contributed by atoms with Crippen molar-refractivity contribution in [1.82, 2.24) is 14.9 Å². The molecule has 0 unspecified atom stereocenters. The monoisotopic (exact) mass is 308 g/mol. The fraction of sp³-hybridized carbons (Fsp3) is 0.733. The topological polar surface area (TPSA) is 50.2 Å². The zero-order valence-corrected chi connectivity index (χ0v) is 13.4. The van der Waals surface area contributed by atoms with Gasteiger partial charge >= 0.3 is 0 Å². The van der Waals surface area contributed by atoms with Gasteiger partial charge in [0, 0.05) is 44.6 Å². The van der Waals surface area contributed by atoms with Gasteiger partial charge in [0.25, 0.3) is 5.56 Å². The molecule has 1 aromatic heterocycles.